The van der Waals surface area contributed by atoms with Crippen LogP contribution in [-0.4, -0.2) is 29.8 Å². The molecule has 0 bridgehead atoms. The smallest absolute Gasteiger partial charge is 0.299 e. The SMILES string of the molecule is CCCCn1cc(CC2CC2)n(Cc2ccc(-c3ccccc3-c3nn[nH]n3)cc2)c1=O. The Kier molecular flexibility index (Phi) is 5.71. The van der Waals surface area contributed by atoms with E-state index in [1.165, 1.54) is 18.5 Å². The number of unbranched alkanes of at least 4 members (excludes halogenated alkanes) is 1. The topological polar surface area (TPSA) is 81.4 Å². The van der Waals surface area contributed by atoms with Gasteiger partial charge >= 0.3 is 5.69 Å². The van der Waals surface area contributed by atoms with Crippen molar-refractivity contribution in [3.8, 4) is 22.5 Å². The summed E-state index contributed by atoms with van der Waals surface area (Å²) in [6.45, 7) is 3.56. The number of rotatable bonds is 9. The molecular formula is C25H28N6O. The molecule has 164 valence electrons. The van der Waals surface area contributed by atoms with Crippen LogP contribution in [0.4, 0.5) is 0 Å². The van der Waals surface area contributed by atoms with Gasteiger partial charge in [0.2, 0.25) is 5.82 Å². The highest BCUT2D eigenvalue weighted by Gasteiger charge is 2.24. The maximum Gasteiger partial charge on any atom is 0.328 e. The first-order valence-corrected chi connectivity index (χ1v) is 11.4. The van der Waals surface area contributed by atoms with Crippen LogP contribution in [0.25, 0.3) is 22.5 Å². The van der Waals surface area contributed by atoms with Crippen molar-refractivity contribution in [2.45, 2.75) is 52.1 Å². The zero-order chi connectivity index (χ0) is 21.9. The molecule has 32 heavy (non-hydrogen) atoms. The lowest BCUT2D eigenvalue weighted by Gasteiger charge is -2.10. The number of nitrogens with zero attached hydrogens (tertiary/aromatic N) is 5. The Hall–Kier alpha value is -3.48. The fraction of sp³-hybridized carbons (Fsp3) is 0.360. The Labute approximate surface area is 187 Å². The molecule has 0 atom stereocenters. The summed E-state index contributed by atoms with van der Waals surface area (Å²) in [4.78, 5) is 13.1. The second-order valence-corrected chi connectivity index (χ2v) is 8.66. The van der Waals surface area contributed by atoms with E-state index < -0.39 is 0 Å². The van der Waals surface area contributed by atoms with Crippen molar-refractivity contribution in [3.63, 3.8) is 0 Å². The van der Waals surface area contributed by atoms with Crippen molar-refractivity contribution in [1.29, 1.82) is 0 Å². The summed E-state index contributed by atoms with van der Waals surface area (Å²) in [6.07, 6.45) is 7.77. The first-order valence-electron chi connectivity index (χ1n) is 11.4. The molecular weight excluding hydrogens is 400 g/mol. The lowest BCUT2D eigenvalue weighted by Crippen LogP contribution is -2.25. The van der Waals surface area contributed by atoms with E-state index in [4.69, 9.17) is 0 Å². The minimum atomic E-state index is 0.112. The second-order valence-electron chi connectivity index (χ2n) is 8.66. The highest BCUT2D eigenvalue weighted by molar-refractivity contribution is 5.80. The molecule has 7 nitrogen and oxygen atoms in total. The number of aromatic amines is 1. The minimum absolute atomic E-state index is 0.112. The van der Waals surface area contributed by atoms with Gasteiger partial charge in [0, 0.05) is 24.0 Å². The van der Waals surface area contributed by atoms with Gasteiger partial charge in [-0.25, -0.2) is 4.79 Å². The van der Waals surface area contributed by atoms with Gasteiger partial charge in [-0.1, -0.05) is 61.9 Å². The Morgan fingerprint density at radius 2 is 1.84 bits per heavy atom. The fourth-order valence-corrected chi connectivity index (χ4v) is 4.20. The molecule has 1 fully saturated rings. The summed E-state index contributed by atoms with van der Waals surface area (Å²) in [5, 5.41) is 14.5. The van der Waals surface area contributed by atoms with Gasteiger partial charge in [0.05, 0.1) is 6.54 Å². The molecule has 0 amide bonds. The van der Waals surface area contributed by atoms with Crippen LogP contribution in [0.1, 0.15) is 43.9 Å². The van der Waals surface area contributed by atoms with E-state index in [0.29, 0.717) is 12.4 Å². The molecule has 1 N–H and O–H groups in total. The largest absolute Gasteiger partial charge is 0.328 e. The normalized spacial score (nSPS) is 13.5. The number of tetrazole rings is 1. The van der Waals surface area contributed by atoms with Gasteiger partial charge in [-0.3, -0.25) is 9.13 Å². The van der Waals surface area contributed by atoms with Crippen LogP contribution in [0.2, 0.25) is 0 Å². The first-order chi connectivity index (χ1) is 15.7. The van der Waals surface area contributed by atoms with E-state index in [1.807, 2.05) is 27.3 Å². The van der Waals surface area contributed by atoms with Gasteiger partial charge in [0.1, 0.15) is 0 Å². The Morgan fingerprint density at radius 1 is 1.06 bits per heavy atom. The number of H-pyrrole nitrogens is 1. The summed E-state index contributed by atoms with van der Waals surface area (Å²) < 4.78 is 3.87. The number of hydrogen-bond donors (Lipinski definition) is 1. The number of benzene rings is 2. The molecule has 0 unspecified atom stereocenters. The molecule has 0 spiro atoms. The number of aryl methyl sites for hydroxylation is 1. The van der Waals surface area contributed by atoms with Crippen LogP contribution >= 0.6 is 0 Å². The zero-order valence-corrected chi connectivity index (χ0v) is 18.4. The molecule has 4 aromatic rings. The van der Waals surface area contributed by atoms with E-state index in [2.05, 4.69) is 64.1 Å². The lowest BCUT2D eigenvalue weighted by atomic mass is 9.98. The van der Waals surface area contributed by atoms with E-state index >= 15 is 0 Å². The van der Waals surface area contributed by atoms with Gasteiger partial charge in [0.25, 0.3) is 0 Å². The Morgan fingerprint density at radius 3 is 2.53 bits per heavy atom. The highest BCUT2D eigenvalue weighted by Crippen LogP contribution is 2.33. The van der Waals surface area contributed by atoms with Gasteiger partial charge in [0.15, 0.2) is 0 Å². The third-order valence-electron chi connectivity index (χ3n) is 6.19. The highest BCUT2D eigenvalue weighted by atomic mass is 16.1. The minimum Gasteiger partial charge on any atom is -0.299 e. The molecule has 1 aliphatic rings. The van der Waals surface area contributed by atoms with Gasteiger partial charge in [-0.15, -0.1) is 10.2 Å². The number of aromatic nitrogens is 6. The molecule has 2 aromatic heterocycles. The molecule has 1 aliphatic carbocycles. The molecule has 2 heterocycles. The van der Waals surface area contributed by atoms with Crippen LogP contribution in [0.5, 0.6) is 0 Å². The van der Waals surface area contributed by atoms with E-state index in [9.17, 15) is 4.79 Å². The van der Waals surface area contributed by atoms with E-state index in [0.717, 1.165) is 54.0 Å². The average molecular weight is 429 g/mol. The van der Waals surface area contributed by atoms with E-state index in [-0.39, 0.29) is 5.69 Å². The zero-order valence-electron chi connectivity index (χ0n) is 18.4. The van der Waals surface area contributed by atoms with Crippen LogP contribution in [0.15, 0.2) is 59.5 Å². The summed E-state index contributed by atoms with van der Waals surface area (Å²) >= 11 is 0. The van der Waals surface area contributed by atoms with Gasteiger partial charge in [-0.2, -0.15) is 5.21 Å². The Balaban J connectivity index is 1.41. The third kappa shape index (κ3) is 4.28. The molecule has 0 aliphatic heterocycles. The maximum absolute atomic E-state index is 13.1. The average Bonchev–Trinajstić information content (AvgIpc) is 3.38. The van der Waals surface area contributed by atoms with Crippen molar-refractivity contribution in [3.05, 3.63) is 76.5 Å². The fourth-order valence-electron chi connectivity index (χ4n) is 4.20. The molecule has 1 saturated carbocycles. The molecule has 0 radical (unpaired) electrons. The summed E-state index contributed by atoms with van der Waals surface area (Å²) in [5.74, 6) is 1.32. The number of nitrogens with one attached hydrogen (secondary N) is 1. The van der Waals surface area contributed by atoms with Crippen molar-refractivity contribution >= 4 is 0 Å². The molecule has 5 rings (SSSR count). The molecule has 0 saturated heterocycles. The standard InChI is InChI=1S/C25H28N6O/c1-2-3-14-30-17-21(15-18-8-9-18)31(25(30)32)16-19-10-12-20(13-11-19)22-6-4-5-7-23(22)24-26-28-29-27-24/h4-7,10-13,17-18H,2-3,8-9,14-16H2,1H3,(H,26,27,28,29). The number of imidazole rings is 1. The molecule has 7 heteroatoms. The third-order valence-corrected chi connectivity index (χ3v) is 6.19. The van der Waals surface area contributed by atoms with Crippen molar-refractivity contribution in [2.24, 2.45) is 5.92 Å². The predicted molar refractivity (Wildman–Crippen MR) is 124 cm³/mol. The second kappa shape index (κ2) is 8.94. The van der Waals surface area contributed by atoms with Crippen LogP contribution in [0, 0.1) is 5.92 Å². The van der Waals surface area contributed by atoms with Crippen LogP contribution in [-0.2, 0) is 19.5 Å². The summed E-state index contributed by atoms with van der Waals surface area (Å²) in [6, 6.07) is 16.5. The van der Waals surface area contributed by atoms with Crippen molar-refractivity contribution in [2.75, 3.05) is 0 Å². The van der Waals surface area contributed by atoms with Gasteiger partial charge < -0.3 is 0 Å². The summed E-state index contributed by atoms with van der Waals surface area (Å²) in [5.41, 5.74) is 5.47. The maximum atomic E-state index is 13.1. The van der Waals surface area contributed by atoms with Crippen LogP contribution < -0.4 is 5.69 Å². The lowest BCUT2D eigenvalue weighted by molar-refractivity contribution is 0.591. The first kappa shape index (κ1) is 20.4. The predicted octanol–water partition coefficient (Wildman–Crippen LogP) is 4.30. The van der Waals surface area contributed by atoms with Crippen molar-refractivity contribution < 1.29 is 0 Å². The van der Waals surface area contributed by atoms with Crippen molar-refractivity contribution in [1.82, 2.24) is 29.8 Å². The van der Waals surface area contributed by atoms with E-state index in [1.54, 1.807) is 0 Å². The number of hydrogen-bond acceptors (Lipinski definition) is 4. The van der Waals surface area contributed by atoms with Crippen LogP contribution in [0.3, 0.4) is 0 Å². The van der Waals surface area contributed by atoms with Gasteiger partial charge in [-0.05, 0) is 53.5 Å². The Bertz CT molecular complexity index is 1230. The monoisotopic (exact) mass is 428 g/mol. The summed E-state index contributed by atoms with van der Waals surface area (Å²) in [7, 11) is 0. The quantitative estimate of drug-likeness (QED) is 0.431. The molecule has 2 aromatic carbocycles.